The molecule has 0 radical (unpaired) electrons. The van der Waals surface area contributed by atoms with Gasteiger partial charge in [0.2, 0.25) is 0 Å². The highest BCUT2D eigenvalue weighted by Gasteiger charge is 2.10. The SMILES string of the molecule is COc1c(C)cc(C)cc1Cc1ccc(C=O)o1. The highest BCUT2D eigenvalue weighted by atomic mass is 16.5. The van der Waals surface area contributed by atoms with Crippen LogP contribution in [0.3, 0.4) is 0 Å². The fourth-order valence-electron chi connectivity index (χ4n) is 2.21. The van der Waals surface area contributed by atoms with E-state index in [1.54, 1.807) is 13.2 Å². The summed E-state index contributed by atoms with van der Waals surface area (Å²) in [5, 5.41) is 0. The monoisotopic (exact) mass is 244 g/mol. The molecule has 0 atom stereocenters. The van der Waals surface area contributed by atoms with Crippen molar-refractivity contribution in [1.82, 2.24) is 0 Å². The number of benzene rings is 1. The number of aldehydes is 1. The fraction of sp³-hybridized carbons (Fsp3) is 0.267. The molecule has 0 aliphatic rings. The Morgan fingerprint density at radius 1 is 1.28 bits per heavy atom. The number of aryl methyl sites for hydroxylation is 2. The Morgan fingerprint density at radius 3 is 2.67 bits per heavy atom. The molecule has 0 saturated carbocycles. The van der Waals surface area contributed by atoms with Crippen LogP contribution >= 0.6 is 0 Å². The number of ether oxygens (including phenoxy) is 1. The lowest BCUT2D eigenvalue weighted by molar-refractivity contribution is 0.109. The highest BCUT2D eigenvalue weighted by Crippen LogP contribution is 2.27. The van der Waals surface area contributed by atoms with Gasteiger partial charge in [0.25, 0.3) is 0 Å². The minimum atomic E-state index is 0.355. The summed E-state index contributed by atoms with van der Waals surface area (Å²) in [4.78, 5) is 10.6. The summed E-state index contributed by atoms with van der Waals surface area (Å²) < 4.78 is 10.8. The minimum Gasteiger partial charge on any atom is -0.496 e. The van der Waals surface area contributed by atoms with E-state index in [2.05, 4.69) is 19.1 Å². The fourth-order valence-corrected chi connectivity index (χ4v) is 2.21. The second-order valence-corrected chi connectivity index (χ2v) is 4.37. The Hall–Kier alpha value is -2.03. The number of carbonyl (C=O) groups is 1. The van der Waals surface area contributed by atoms with Crippen LogP contribution in [-0.4, -0.2) is 13.4 Å². The number of rotatable bonds is 4. The lowest BCUT2D eigenvalue weighted by atomic mass is 10.0. The minimum absolute atomic E-state index is 0.355. The molecule has 0 unspecified atom stereocenters. The molecule has 0 saturated heterocycles. The van der Waals surface area contributed by atoms with Crippen LogP contribution in [0.25, 0.3) is 0 Å². The summed E-state index contributed by atoms with van der Waals surface area (Å²) in [6.45, 7) is 4.07. The number of carbonyl (C=O) groups excluding carboxylic acids is 1. The van der Waals surface area contributed by atoms with E-state index in [4.69, 9.17) is 9.15 Å². The van der Waals surface area contributed by atoms with Gasteiger partial charge in [0.05, 0.1) is 7.11 Å². The molecular formula is C15H16O3. The lowest BCUT2D eigenvalue weighted by Gasteiger charge is -2.11. The van der Waals surface area contributed by atoms with Gasteiger partial charge >= 0.3 is 0 Å². The zero-order valence-corrected chi connectivity index (χ0v) is 10.8. The number of hydrogen-bond acceptors (Lipinski definition) is 3. The van der Waals surface area contributed by atoms with E-state index in [-0.39, 0.29) is 0 Å². The van der Waals surface area contributed by atoms with Gasteiger partial charge in [-0.15, -0.1) is 0 Å². The third-order valence-electron chi connectivity index (χ3n) is 2.86. The molecule has 0 amide bonds. The third-order valence-corrected chi connectivity index (χ3v) is 2.86. The summed E-state index contributed by atoms with van der Waals surface area (Å²) in [7, 11) is 1.67. The van der Waals surface area contributed by atoms with Crippen molar-refractivity contribution in [2.75, 3.05) is 7.11 Å². The van der Waals surface area contributed by atoms with E-state index in [9.17, 15) is 4.79 Å². The van der Waals surface area contributed by atoms with Crippen LogP contribution in [0.5, 0.6) is 5.75 Å². The van der Waals surface area contributed by atoms with Crippen LogP contribution in [0.4, 0.5) is 0 Å². The molecule has 0 aliphatic carbocycles. The zero-order valence-electron chi connectivity index (χ0n) is 10.8. The van der Waals surface area contributed by atoms with Gasteiger partial charge in [0, 0.05) is 12.0 Å². The molecule has 1 aromatic carbocycles. The molecule has 94 valence electrons. The zero-order chi connectivity index (χ0) is 13.1. The first-order valence-corrected chi connectivity index (χ1v) is 5.82. The van der Waals surface area contributed by atoms with Gasteiger partial charge in [0.1, 0.15) is 11.5 Å². The molecule has 2 aromatic rings. The first kappa shape index (κ1) is 12.4. The average molecular weight is 244 g/mol. The van der Waals surface area contributed by atoms with E-state index in [1.165, 1.54) is 5.56 Å². The van der Waals surface area contributed by atoms with E-state index in [0.29, 0.717) is 18.5 Å². The maximum absolute atomic E-state index is 10.6. The van der Waals surface area contributed by atoms with Crippen LogP contribution in [0.1, 0.15) is 33.0 Å². The number of furan rings is 1. The third kappa shape index (κ3) is 2.45. The van der Waals surface area contributed by atoms with Crippen LogP contribution in [-0.2, 0) is 6.42 Å². The van der Waals surface area contributed by atoms with E-state index >= 15 is 0 Å². The first-order valence-electron chi connectivity index (χ1n) is 5.82. The quantitative estimate of drug-likeness (QED) is 0.774. The van der Waals surface area contributed by atoms with Gasteiger partial charge in [-0.2, -0.15) is 0 Å². The second-order valence-electron chi connectivity index (χ2n) is 4.37. The summed E-state index contributed by atoms with van der Waals surface area (Å²) in [6.07, 6.45) is 1.34. The van der Waals surface area contributed by atoms with Crippen LogP contribution in [0.2, 0.25) is 0 Å². The Kier molecular flexibility index (Phi) is 3.51. The molecule has 0 spiro atoms. The maximum atomic E-state index is 10.6. The molecule has 0 aliphatic heterocycles. The van der Waals surface area contributed by atoms with Gasteiger partial charge in [0.15, 0.2) is 12.0 Å². The van der Waals surface area contributed by atoms with Gasteiger partial charge in [-0.1, -0.05) is 17.7 Å². The topological polar surface area (TPSA) is 39.4 Å². The summed E-state index contributed by atoms with van der Waals surface area (Å²) in [6, 6.07) is 7.66. The van der Waals surface area contributed by atoms with Gasteiger partial charge < -0.3 is 9.15 Å². The van der Waals surface area contributed by atoms with E-state index in [1.807, 2.05) is 13.0 Å². The van der Waals surface area contributed by atoms with Crippen molar-refractivity contribution in [3.05, 3.63) is 52.5 Å². The smallest absolute Gasteiger partial charge is 0.185 e. The van der Waals surface area contributed by atoms with Crippen molar-refractivity contribution in [3.8, 4) is 5.75 Å². The highest BCUT2D eigenvalue weighted by molar-refractivity contribution is 5.70. The predicted octanol–water partition coefficient (Wildman–Crippen LogP) is 3.31. The van der Waals surface area contributed by atoms with Crippen molar-refractivity contribution in [2.45, 2.75) is 20.3 Å². The molecule has 2 rings (SSSR count). The normalized spacial score (nSPS) is 10.4. The van der Waals surface area contributed by atoms with Crippen LogP contribution in [0.15, 0.2) is 28.7 Å². The molecule has 0 bridgehead atoms. The van der Waals surface area contributed by atoms with Crippen molar-refractivity contribution in [2.24, 2.45) is 0 Å². The molecule has 18 heavy (non-hydrogen) atoms. The largest absolute Gasteiger partial charge is 0.496 e. The van der Waals surface area contributed by atoms with Crippen LogP contribution < -0.4 is 4.74 Å². The first-order chi connectivity index (χ1) is 8.63. The maximum Gasteiger partial charge on any atom is 0.185 e. The van der Waals surface area contributed by atoms with Crippen molar-refractivity contribution >= 4 is 6.29 Å². The molecular weight excluding hydrogens is 228 g/mol. The molecule has 3 heteroatoms. The predicted molar refractivity (Wildman–Crippen MR) is 69.4 cm³/mol. The Morgan fingerprint density at radius 2 is 2.06 bits per heavy atom. The molecule has 1 heterocycles. The number of methoxy groups -OCH3 is 1. The number of hydrogen-bond donors (Lipinski definition) is 0. The summed E-state index contributed by atoms with van der Waals surface area (Å²) in [5.74, 6) is 2.00. The van der Waals surface area contributed by atoms with Crippen molar-refractivity contribution in [1.29, 1.82) is 0 Å². The van der Waals surface area contributed by atoms with E-state index < -0.39 is 0 Å². The Balaban J connectivity index is 2.35. The molecule has 0 N–H and O–H groups in total. The Bertz CT molecular complexity index is 567. The lowest BCUT2D eigenvalue weighted by Crippen LogP contribution is -1.96. The summed E-state index contributed by atoms with van der Waals surface area (Å²) in [5.41, 5.74) is 3.36. The van der Waals surface area contributed by atoms with Crippen LogP contribution in [0, 0.1) is 13.8 Å². The van der Waals surface area contributed by atoms with Gasteiger partial charge in [-0.05, 0) is 31.5 Å². The second kappa shape index (κ2) is 5.08. The van der Waals surface area contributed by atoms with Crippen molar-refractivity contribution in [3.63, 3.8) is 0 Å². The van der Waals surface area contributed by atoms with Gasteiger partial charge in [-0.25, -0.2) is 0 Å². The van der Waals surface area contributed by atoms with Gasteiger partial charge in [-0.3, -0.25) is 4.79 Å². The Labute approximate surface area is 106 Å². The summed E-state index contributed by atoms with van der Waals surface area (Å²) >= 11 is 0. The van der Waals surface area contributed by atoms with Crippen molar-refractivity contribution < 1.29 is 13.9 Å². The van der Waals surface area contributed by atoms with E-state index in [0.717, 1.165) is 22.6 Å². The average Bonchev–Trinajstić information content (AvgIpc) is 2.76. The molecule has 1 aromatic heterocycles. The molecule has 3 nitrogen and oxygen atoms in total. The molecule has 0 fully saturated rings. The standard InChI is InChI=1S/C15H16O3/c1-10-6-11(2)15(17-3)12(7-10)8-13-4-5-14(9-16)18-13/h4-7,9H,8H2,1-3H3.